The molecule has 0 unspecified atom stereocenters. The Bertz CT molecular complexity index is 1510. The fourth-order valence-corrected chi connectivity index (χ4v) is 4.54. The SMILES string of the molecule is Cn1cc([C@@]2(C)C[C@@H](C(=O)Nc3cnc(OC(F)F)c(C#N)c3)c3cnc4cc(F)nn4c32)cn1. The number of nitrogens with one attached hydrogen (secondary N) is 1. The molecule has 4 heterocycles. The van der Waals surface area contributed by atoms with Crippen molar-refractivity contribution >= 4 is 17.2 Å². The molecule has 4 aromatic rings. The predicted octanol–water partition coefficient (Wildman–Crippen LogP) is 2.90. The molecule has 4 aromatic heterocycles. The summed E-state index contributed by atoms with van der Waals surface area (Å²) in [6, 6.07) is 4.12. The zero-order chi connectivity index (χ0) is 24.9. The van der Waals surface area contributed by atoms with E-state index in [9.17, 15) is 23.2 Å². The molecule has 1 aliphatic rings. The Kier molecular flexibility index (Phi) is 5.16. The van der Waals surface area contributed by atoms with Gasteiger partial charge in [0.05, 0.1) is 29.7 Å². The highest BCUT2D eigenvalue weighted by atomic mass is 19.3. The summed E-state index contributed by atoms with van der Waals surface area (Å²) in [6.45, 7) is -1.23. The molecule has 0 saturated heterocycles. The minimum Gasteiger partial charge on any atom is -0.415 e. The molecular weight excluding hydrogens is 465 g/mol. The van der Waals surface area contributed by atoms with Crippen molar-refractivity contribution in [2.24, 2.45) is 7.05 Å². The van der Waals surface area contributed by atoms with Crippen LogP contribution in [-0.2, 0) is 17.3 Å². The average molecular weight is 482 g/mol. The lowest BCUT2D eigenvalue weighted by molar-refractivity contribution is -0.117. The number of ether oxygens (including phenoxy) is 1. The number of nitrogens with zero attached hydrogens (tertiary/aromatic N) is 7. The van der Waals surface area contributed by atoms with E-state index in [1.165, 1.54) is 22.8 Å². The topological polar surface area (TPSA) is 123 Å². The van der Waals surface area contributed by atoms with Gasteiger partial charge in [0, 0.05) is 42.0 Å². The van der Waals surface area contributed by atoms with Crippen molar-refractivity contribution in [3.05, 3.63) is 65.3 Å². The molecule has 0 aliphatic heterocycles. The molecule has 0 fully saturated rings. The third-order valence-electron chi connectivity index (χ3n) is 6.09. The van der Waals surface area contributed by atoms with Crippen LogP contribution in [0.4, 0.5) is 18.9 Å². The summed E-state index contributed by atoms with van der Waals surface area (Å²) in [5.74, 6) is -2.40. The highest BCUT2D eigenvalue weighted by molar-refractivity contribution is 5.97. The summed E-state index contributed by atoms with van der Waals surface area (Å²) < 4.78 is 46.3. The summed E-state index contributed by atoms with van der Waals surface area (Å²) in [7, 11) is 1.77. The molecule has 1 amide bonds. The van der Waals surface area contributed by atoms with Crippen LogP contribution in [0, 0.1) is 17.3 Å². The van der Waals surface area contributed by atoms with Crippen LogP contribution in [0.1, 0.15) is 41.6 Å². The molecule has 10 nitrogen and oxygen atoms in total. The zero-order valence-electron chi connectivity index (χ0n) is 18.4. The number of pyridine rings is 1. The fraction of sp³-hybridized carbons (Fsp3) is 0.273. The smallest absolute Gasteiger partial charge is 0.388 e. The van der Waals surface area contributed by atoms with Crippen LogP contribution < -0.4 is 10.1 Å². The van der Waals surface area contributed by atoms with Crippen LogP contribution in [-0.4, -0.2) is 41.9 Å². The maximum atomic E-state index is 14.0. The number of alkyl halides is 2. The van der Waals surface area contributed by atoms with Gasteiger partial charge in [0.1, 0.15) is 11.6 Å². The van der Waals surface area contributed by atoms with E-state index in [1.807, 2.05) is 13.1 Å². The summed E-state index contributed by atoms with van der Waals surface area (Å²) in [5, 5.41) is 20.1. The van der Waals surface area contributed by atoms with Gasteiger partial charge < -0.3 is 10.1 Å². The maximum absolute atomic E-state index is 14.0. The molecule has 35 heavy (non-hydrogen) atoms. The van der Waals surface area contributed by atoms with Crippen molar-refractivity contribution in [3.63, 3.8) is 0 Å². The second-order valence-electron chi connectivity index (χ2n) is 8.35. The number of hydrogen-bond donors (Lipinski definition) is 1. The van der Waals surface area contributed by atoms with Crippen molar-refractivity contribution < 1.29 is 22.7 Å². The summed E-state index contributed by atoms with van der Waals surface area (Å²) >= 11 is 0. The number of halogens is 3. The van der Waals surface area contributed by atoms with Gasteiger partial charge in [-0.05, 0) is 19.4 Å². The summed E-state index contributed by atoms with van der Waals surface area (Å²) in [5.41, 5.74) is 1.38. The van der Waals surface area contributed by atoms with E-state index in [0.29, 0.717) is 23.3 Å². The molecule has 0 saturated carbocycles. The Morgan fingerprint density at radius 3 is 2.80 bits per heavy atom. The number of rotatable bonds is 5. The van der Waals surface area contributed by atoms with Crippen molar-refractivity contribution in [1.82, 2.24) is 29.4 Å². The van der Waals surface area contributed by atoms with Gasteiger partial charge in [-0.25, -0.2) is 14.5 Å². The Labute approximate surface area is 196 Å². The van der Waals surface area contributed by atoms with E-state index in [4.69, 9.17) is 0 Å². The number of fused-ring (bicyclic) bond motifs is 3. The molecule has 1 N–H and O–H groups in total. The van der Waals surface area contributed by atoms with Gasteiger partial charge in [-0.15, -0.1) is 5.10 Å². The molecule has 0 spiro atoms. The Morgan fingerprint density at radius 2 is 2.11 bits per heavy atom. The van der Waals surface area contributed by atoms with Crippen LogP contribution in [0.2, 0.25) is 0 Å². The monoisotopic (exact) mass is 482 g/mol. The maximum Gasteiger partial charge on any atom is 0.388 e. The van der Waals surface area contributed by atoms with Crippen LogP contribution in [0.3, 0.4) is 0 Å². The number of anilines is 1. The molecular formula is C22H17F3N8O2. The van der Waals surface area contributed by atoms with E-state index >= 15 is 0 Å². The van der Waals surface area contributed by atoms with Gasteiger partial charge in [-0.3, -0.25) is 9.48 Å². The van der Waals surface area contributed by atoms with Gasteiger partial charge in [0.15, 0.2) is 5.65 Å². The highest BCUT2D eigenvalue weighted by Gasteiger charge is 2.47. The largest absolute Gasteiger partial charge is 0.415 e. The molecule has 5 rings (SSSR count). The minimum absolute atomic E-state index is 0.129. The number of aromatic nitrogens is 6. The van der Waals surface area contributed by atoms with Crippen molar-refractivity contribution in [2.45, 2.75) is 31.3 Å². The molecule has 0 bridgehead atoms. The number of hydrogen-bond acceptors (Lipinski definition) is 7. The number of carbonyl (C=O) groups excluding carboxylic acids is 1. The van der Waals surface area contributed by atoms with Crippen molar-refractivity contribution in [3.8, 4) is 11.9 Å². The lowest BCUT2D eigenvalue weighted by atomic mass is 9.80. The second-order valence-corrected chi connectivity index (χ2v) is 8.35. The number of nitriles is 1. The van der Waals surface area contributed by atoms with E-state index in [2.05, 4.69) is 30.2 Å². The lowest BCUT2D eigenvalue weighted by Crippen LogP contribution is -2.25. The van der Waals surface area contributed by atoms with E-state index < -0.39 is 35.7 Å². The third kappa shape index (κ3) is 3.72. The van der Waals surface area contributed by atoms with Crippen LogP contribution in [0.5, 0.6) is 5.88 Å². The van der Waals surface area contributed by atoms with Gasteiger partial charge in [-0.1, -0.05) is 0 Å². The molecule has 0 aromatic carbocycles. The van der Waals surface area contributed by atoms with E-state index in [0.717, 1.165) is 11.8 Å². The number of amides is 1. The standard InChI is InChI=1S/C22H17F3N8O2/c1-22(12-7-29-32(2)10-12)5-14(15-9-27-17-4-16(23)31-33(17)18(15)22)19(34)30-13-3-11(6-26)20(28-8-13)35-21(24)25/h3-4,7-10,14,21H,5H2,1-2H3,(H,30,34)/t14-,22-/m1/s1. The first-order chi connectivity index (χ1) is 16.7. The quantitative estimate of drug-likeness (QED) is 0.464. The molecule has 0 radical (unpaired) electrons. The van der Waals surface area contributed by atoms with Crippen molar-refractivity contribution in [2.75, 3.05) is 5.32 Å². The van der Waals surface area contributed by atoms with Gasteiger partial charge >= 0.3 is 6.61 Å². The fourth-order valence-electron chi connectivity index (χ4n) is 4.54. The first-order valence-electron chi connectivity index (χ1n) is 10.4. The average Bonchev–Trinajstić information content (AvgIpc) is 3.49. The van der Waals surface area contributed by atoms with Crippen LogP contribution in [0.15, 0.2) is 36.9 Å². The first kappa shape index (κ1) is 22.3. The van der Waals surface area contributed by atoms with E-state index in [-0.39, 0.29) is 11.3 Å². The van der Waals surface area contributed by atoms with Crippen molar-refractivity contribution in [1.29, 1.82) is 5.26 Å². The highest BCUT2D eigenvalue weighted by Crippen LogP contribution is 2.49. The minimum atomic E-state index is -3.15. The molecule has 2 atom stereocenters. The third-order valence-corrected chi connectivity index (χ3v) is 6.09. The molecule has 13 heteroatoms. The Hall–Kier alpha value is -4.47. The lowest BCUT2D eigenvalue weighted by Gasteiger charge is -2.24. The number of aryl methyl sites for hydroxylation is 1. The van der Waals surface area contributed by atoms with Gasteiger partial charge in [0.25, 0.3) is 0 Å². The summed E-state index contributed by atoms with van der Waals surface area (Å²) in [6.07, 6.45) is 6.45. The first-order valence-corrected chi connectivity index (χ1v) is 10.4. The number of carbonyl (C=O) groups is 1. The predicted molar refractivity (Wildman–Crippen MR) is 114 cm³/mol. The summed E-state index contributed by atoms with van der Waals surface area (Å²) in [4.78, 5) is 21.4. The zero-order valence-corrected chi connectivity index (χ0v) is 18.4. The molecule has 1 aliphatic carbocycles. The second kappa shape index (κ2) is 8.08. The Balaban J connectivity index is 1.54. The van der Waals surface area contributed by atoms with Gasteiger partial charge in [-0.2, -0.15) is 23.5 Å². The Morgan fingerprint density at radius 1 is 1.31 bits per heavy atom. The van der Waals surface area contributed by atoms with Crippen LogP contribution >= 0.6 is 0 Å². The van der Waals surface area contributed by atoms with Crippen LogP contribution in [0.25, 0.3) is 5.65 Å². The molecule has 178 valence electrons. The normalized spacial score (nSPS) is 19.1. The van der Waals surface area contributed by atoms with Gasteiger partial charge in [0.2, 0.25) is 17.7 Å². The van der Waals surface area contributed by atoms with E-state index in [1.54, 1.807) is 24.0 Å².